The second-order valence-electron chi connectivity index (χ2n) is 4.41. The van der Waals surface area contributed by atoms with E-state index in [9.17, 15) is 4.79 Å². The summed E-state index contributed by atoms with van der Waals surface area (Å²) in [7, 11) is 0. The van der Waals surface area contributed by atoms with Crippen LogP contribution in [0.5, 0.6) is 0 Å². The molecule has 0 saturated heterocycles. The number of carboxylic acid groups (broad SMARTS) is 1. The van der Waals surface area contributed by atoms with E-state index in [0.29, 0.717) is 0 Å². The standard InChI is InChI=1S/C10H16O2/c1-6(2)5-7-8(9(11)12)10(7,3)4/h5,7-8H,1-4H3,(H,11,12)/t7-,8+/m1/s1/i9+2. The topological polar surface area (TPSA) is 37.3 Å². The molecule has 0 radical (unpaired) electrons. The van der Waals surface area contributed by atoms with Crippen LogP contribution in [0.4, 0.5) is 0 Å². The molecule has 0 aromatic heterocycles. The number of rotatable bonds is 2. The second kappa shape index (κ2) is 2.61. The van der Waals surface area contributed by atoms with Crippen LogP contribution in [0.2, 0.25) is 0 Å². The van der Waals surface area contributed by atoms with Crippen molar-refractivity contribution in [3.8, 4) is 0 Å². The van der Waals surface area contributed by atoms with Crippen molar-refractivity contribution in [3.05, 3.63) is 11.6 Å². The normalized spacial score (nSPS) is 31.0. The molecule has 2 heteroatoms. The van der Waals surface area contributed by atoms with Crippen molar-refractivity contribution in [2.75, 3.05) is 0 Å². The molecule has 68 valence electrons. The summed E-state index contributed by atoms with van der Waals surface area (Å²) in [4.78, 5) is 10.7. The average Bonchev–Trinajstić information content (AvgIpc) is 2.32. The average molecular weight is 170 g/mol. The number of allylic oxidation sites excluding steroid dienone is 2. The van der Waals surface area contributed by atoms with Gasteiger partial charge in [-0.1, -0.05) is 25.5 Å². The van der Waals surface area contributed by atoms with Crippen LogP contribution in [0.15, 0.2) is 11.6 Å². The lowest BCUT2D eigenvalue weighted by Gasteiger charge is -1.96. The van der Waals surface area contributed by atoms with Crippen molar-refractivity contribution >= 4 is 5.97 Å². The predicted octanol–water partition coefficient (Wildman–Crippen LogP) is 2.31. The number of hydrogen-bond acceptors (Lipinski definition) is 1. The molecule has 1 rings (SSSR count). The molecule has 0 spiro atoms. The van der Waals surface area contributed by atoms with Gasteiger partial charge in [0.05, 0.1) is 5.92 Å². The largest absolute Gasteiger partial charge is 0.481 e. The molecule has 1 saturated carbocycles. The minimum atomic E-state index is -0.664. The van der Waals surface area contributed by atoms with Crippen LogP contribution in [-0.4, -0.2) is 11.1 Å². The zero-order chi connectivity index (χ0) is 9.52. The van der Waals surface area contributed by atoms with E-state index < -0.39 is 5.97 Å². The lowest BCUT2D eigenvalue weighted by molar-refractivity contribution is -0.139. The Balaban J connectivity index is 2.73. The Bertz CT molecular complexity index is 234. The van der Waals surface area contributed by atoms with Gasteiger partial charge in [-0.2, -0.15) is 0 Å². The van der Waals surface area contributed by atoms with Gasteiger partial charge >= 0.3 is 5.97 Å². The summed E-state index contributed by atoms with van der Waals surface area (Å²) in [5, 5.41) is 8.84. The van der Waals surface area contributed by atoms with Gasteiger partial charge in [-0.25, -0.2) is 0 Å². The Labute approximate surface area is 73.3 Å². The molecule has 1 N–H and O–H groups in total. The molecule has 0 aliphatic heterocycles. The molecular formula is C10H16O2. The van der Waals surface area contributed by atoms with E-state index in [1.54, 1.807) is 0 Å². The van der Waals surface area contributed by atoms with Gasteiger partial charge in [-0.15, -0.1) is 0 Å². The number of hydrogen-bond donors (Lipinski definition) is 1. The van der Waals surface area contributed by atoms with Crippen molar-refractivity contribution in [3.63, 3.8) is 0 Å². The summed E-state index contributed by atoms with van der Waals surface area (Å²) in [5.41, 5.74) is 1.17. The fourth-order valence-electron chi connectivity index (χ4n) is 1.82. The first kappa shape index (κ1) is 9.30. The molecular weight excluding hydrogens is 154 g/mol. The van der Waals surface area contributed by atoms with Crippen LogP contribution >= 0.6 is 0 Å². The third-order valence-electron chi connectivity index (χ3n) is 2.69. The monoisotopic (exact) mass is 170 g/mol. The number of aliphatic carboxylic acids is 1. The molecule has 1 fully saturated rings. The first-order valence-electron chi connectivity index (χ1n) is 4.25. The van der Waals surface area contributed by atoms with E-state index >= 15 is 0 Å². The van der Waals surface area contributed by atoms with Crippen LogP contribution in [-0.2, 0) is 4.79 Å². The van der Waals surface area contributed by atoms with Gasteiger partial charge in [0.2, 0.25) is 0 Å². The zero-order valence-corrected chi connectivity index (χ0v) is 8.09. The Hall–Kier alpha value is -0.790. The zero-order valence-electron chi connectivity index (χ0n) is 8.09. The van der Waals surface area contributed by atoms with Crippen molar-refractivity contribution < 1.29 is 9.90 Å². The van der Waals surface area contributed by atoms with Crippen LogP contribution in [0.1, 0.15) is 27.7 Å². The summed E-state index contributed by atoms with van der Waals surface area (Å²) in [5.74, 6) is -0.602. The van der Waals surface area contributed by atoms with E-state index in [-0.39, 0.29) is 17.3 Å². The molecule has 0 aromatic carbocycles. The molecule has 0 aromatic rings. The maximum absolute atomic E-state index is 10.7. The fourth-order valence-corrected chi connectivity index (χ4v) is 1.82. The minimum absolute atomic E-state index is 0.0386. The highest BCUT2D eigenvalue weighted by atomic mass is 16.6. The highest BCUT2D eigenvalue weighted by Crippen LogP contribution is 2.59. The van der Waals surface area contributed by atoms with Crippen LogP contribution in [0.3, 0.4) is 0 Å². The molecule has 2 atom stereocenters. The Kier molecular flexibility index (Phi) is 2.02. The van der Waals surface area contributed by atoms with E-state index in [0.717, 1.165) is 0 Å². The molecule has 0 heterocycles. The lowest BCUT2D eigenvalue weighted by Crippen LogP contribution is -2.02. The molecule has 0 amide bonds. The van der Waals surface area contributed by atoms with E-state index in [1.807, 2.05) is 27.7 Å². The maximum atomic E-state index is 10.7. The van der Waals surface area contributed by atoms with Crippen molar-refractivity contribution in [2.45, 2.75) is 27.7 Å². The SMILES string of the molecule is CC(C)=C[C@@H]1[C@@H]([14C](=O)O)C1(C)C. The fraction of sp³-hybridized carbons (Fsp3) is 0.700. The molecule has 2 nitrogen and oxygen atoms in total. The van der Waals surface area contributed by atoms with Gasteiger partial charge in [0.15, 0.2) is 0 Å². The smallest absolute Gasteiger partial charge is 0.307 e. The number of carboxylic acids is 1. The van der Waals surface area contributed by atoms with Gasteiger partial charge in [-0.05, 0) is 25.2 Å². The third kappa shape index (κ3) is 1.38. The summed E-state index contributed by atoms with van der Waals surface area (Å²) in [6.07, 6.45) is 2.07. The predicted molar refractivity (Wildman–Crippen MR) is 47.8 cm³/mol. The van der Waals surface area contributed by atoms with E-state index in [2.05, 4.69) is 6.08 Å². The summed E-state index contributed by atoms with van der Waals surface area (Å²) >= 11 is 0. The molecule has 12 heavy (non-hydrogen) atoms. The van der Waals surface area contributed by atoms with Gasteiger partial charge in [0.1, 0.15) is 0 Å². The van der Waals surface area contributed by atoms with E-state index in [4.69, 9.17) is 5.11 Å². The highest BCUT2D eigenvalue weighted by molar-refractivity contribution is 5.76. The first-order valence-corrected chi connectivity index (χ1v) is 4.25. The second-order valence-corrected chi connectivity index (χ2v) is 4.41. The van der Waals surface area contributed by atoms with Gasteiger partial charge < -0.3 is 5.11 Å². The lowest BCUT2D eigenvalue weighted by atomic mass is 10.1. The molecule has 0 unspecified atom stereocenters. The van der Waals surface area contributed by atoms with Gasteiger partial charge in [0, 0.05) is 0 Å². The summed E-state index contributed by atoms with van der Waals surface area (Å²) in [6.45, 7) is 8.03. The van der Waals surface area contributed by atoms with Crippen LogP contribution < -0.4 is 0 Å². The Morgan fingerprint density at radius 3 is 2.25 bits per heavy atom. The van der Waals surface area contributed by atoms with Gasteiger partial charge in [-0.3, -0.25) is 4.79 Å². The first-order chi connectivity index (χ1) is 5.37. The van der Waals surface area contributed by atoms with Gasteiger partial charge in [0.25, 0.3) is 0 Å². The van der Waals surface area contributed by atoms with Crippen molar-refractivity contribution in [1.29, 1.82) is 0 Å². The molecule has 1 aliphatic carbocycles. The van der Waals surface area contributed by atoms with Crippen molar-refractivity contribution in [1.82, 2.24) is 0 Å². The molecule has 1 aliphatic rings. The third-order valence-corrected chi connectivity index (χ3v) is 2.69. The number of carbonyl (C=O) groups is 1. The Morgan fingerprint density at radius 1 is 1.50 bits per heavy atom. The van der Waals surface area contributed by atoms with Crippen LogP contribution in [0, 0.1) is 17.3 Å². The maximum Gasteiger partial charge on any atom is 0.307 e. The Morgan fingerprint density at radius 2 is 2.00 bits per heavy atom. The minimum Gasteiger partial charge on any atom is -0.481 e. The van der Waals surface area contributed by atoms with E-state index in [1.165, 1.54) is 5.57 Å². The highest BCUT2D eigenvalue weighted by Gasteiger charge is 2.60. The summed E-state index contributed by atoms with van der Waals surface area (Å²) < 4.78 is 0. The summed E-state index contributed by atoms with van der Waals surface area (Å²) in [6, 6.07) is 0. The molecule has 0 bridgehead atoms. The van der Waals surface area contributed by atoms with Crippen LogP contribution in [0.25, 0.3) is 0 Å². The van der Waals surface area contributed by atoms with Crippen molar-refractivity contribution in [2.24, 2.45) is 17.3 Å². The quantitative estimate of drug-likeness (QED) is 0.646.